The molecule has 0 bridgehead atoms. The van der Waals surface area contributed by atoms with Crippen molar-refractivity contribution in [2.45, 2.75) is 33.2 Å². The van der Waals surface area contributed by atoms with Crippen LogP contribution in [0.4, 0.5) is 0 Å². The van der Waals surface area contributed by atoms with E-state index in [1.54, 1.807) is 6.26 Å². The summed E-state index contributed by atoms with van der Waals surface area (Å²) in [5.41, 5.74) is 1.25. The second-order valence-electron chi connectivity index (χ2n) is 3.73. The van der Waals surface area contributed by atoms with Crippen molar-refractivity contribution >= 4 is 0 Å². The Balaban J connectivity index is 2.58. The molecule has 0 aliphatic rings. The minimum atomic E-state index is 0.429. The van der Waals surface area contributed by atoms with Crippen LogP contribution in [0.5, 0.6) is 0 Å². The van der Waals surface area contributed by atoms with Gasteiger partial charge in [-0.3, -0.25) is 0 Å². The van der Waals surface area contributed by atoms with Crippen molar-refractivity contribution in [1.82, 2.24) is 5.32 Å². The lowest BCUT2D eigenvalue weighted by Gasteiger charge is -2.20. The summed E-state index contributed by atoms with van der Waals surface area (Å²) in [4.78, 5) is 0. The lowest BCUT2D eigenvalue weighted by Crippen LogP contribution is -2.25. The summed E-state index contributed by atoms with van der Waals surface area (Å²) >= 11 is 0. The van der Waals surface area contributed by atoms with E-state index in [1.165, 1.54) is 12.0 Å². The molecule has 0 spiro atoms. The van der Waals surface area contributed by atoms with Crippen LogP contribution in [0.15, 0.2) is 23.0 Å². The molecule has 13 heavy (non-hydrogen) atoms. The molecular formula is C11H19NO. The molecule has 1 aromatic heterocycles. The van der Waals surface area contributed by atoms with Gasteiger partial charge in [-0.2, -0.15) is 0 Å². The fourth-order valence-electron chi connectivity index (χ4n) is 1.49. The summed E-state index contributed by atoms with van der Waals surface area (Å²) in [6, 6.07) is 2.46. The highest BCUT2D eigenvalue weighted by Gasteiger charge is 2.15. The maximum atomic E-state index is 5.09. The molecule has 2 nitrogen and oxygen atoms in total. The Bertz CT molecular complexity index is 216. The number of nitrogens with one attached hydrogen (secondary N) is 1. The fraction of sp³-hybridized carbons (Fsp3) is 0.636. The molecule has 0 fully saturated rings. The zero-order valence-corrected chi connectivity index (χ0v) is 8.71. The monoisotopic (exact) mass is 181 g/mol. The second-order valence-corrected chi connectivity index (χ2v) is 3.73. The normalized spacial score (nSPS) is 13.5. The van der Waals surface area contributed by atoms with Crippen LogP contribution in [-0.4, -0.2) is 6.54 Å². The van der Waals surface area contributed by atoms with E-state index in [2.05, 4.69) is 26.1 Å². The smallest absolute Gasteiger partial charge is 0.0950 e. The summed E-state index contributed by atoms with van der Waals surface area (Å²) in [6.07, 6.45) is 4.73. The van der Waals surface area contributed by atoms with Gasteiger partial charge in [0.15, 0.2) is 0 Å². The molecule has 1 aromatic rings. The summed E-state index contributed by atoms with van der Waals surface area (Å²) in [7, 11) is 0. The van der Waals surface area contributed by atoms with Gasteiger partial charge in [-0.15, -0.1) is 0 Å². The summed E-state index contributed by atoms with van der Waals surface area (Å²) in [5, 5.41) is 3.51. The Morgan fingerprint density at radius 1 is 1.46 bits per heavy atom. The summed E-state index contributed by atoms with van der Waals surface area (Å²) in [5.74, 6) is 0.601. The molecule has 1 N–H and O–H groups in total. The van der Waals surface area contributed by atoms with Crippen molar-refractivity contribution in [1.29, 1.82) is 0 Å². The van der Waals surface area contributed by atoms with E-state index in [-0.39, 0.29) is 0 Å². The van der Waals surface area contributed by atoms with Crippen molar-refractivity contribution < 1.29 is 4.42 Å². The number of hydrogen-bond acceptors (Lipinski definition) is 2. The van der Waals surface area contributed by atoms with Crippen LogP contribution in [0.2, 0.25) is 0 Å². The molecule has 0 saturated carbocycles. The van der Waals surface area contributed by atoms with Gasteiger partial charge in [0.25, 0.3) is 0 Å². The van der Waals surface area contributed by atoms with Gasteiger partial charge in [0.2, 0.25) is 0 Å². The van der Waals surface area contributed by atoms with Gasteiger partial charge in [-0.1, -0.05) is 20.8 Å². The van der Waals surface area contributed by atoms with Crippen molar-refractivity contribution in [3.63, 3.8) is 0 Å². The van der Waals surface area contributed by atoms with Crippen LogP contribution in [0, 0.1) is 5.92 Å². The Labute approximate surface area is 80.3 Å². The molecule has 2 heteroatoms. The van der Waals surface area contributed by atoms with Crippen LogP contribution >= 0.6 is 0 Å². The van der Waals surface area contributed by atoms with Crippen LogP contribution in [0.3, 0.4) is 0 Å². The minimum absolute atomic E-state index is 0.429. The van der Waals surface area contributed by atoms with E-state index >= 15 is 0 Å². The van der Waals surface area contributed by atoms with E-state index in [9.17, 15) is 0 Å². The molecule has 1 unspecified atom stereocenters. The van der Waals surface area contributed by atoms with Gasteiger partial charge < -0.3 is 9.73 Å². The van der Waals surface area contributed by atoms with Crippen LogP contribution in [0.1, 0.15) is 38.8 Å². The third-order valence-corrected chi connectivity index (χ3v) is 2.18. The second kappa shape index (κ2) is 5.07. The van der Waals surface area contributed by atoms with E-state index < -0.39 is 0 Å². The Kier molecular flexibility index (Phi) is 4.03. The molecular weight excluding hydrogens is 162 g/mol. The summed E-state index contributed by atoms with van der Waals surface area (Å²) < 4.78 is 5.09. The topological polar surface area (TPSA) is 25.2 Å². The fourth-order valence-corrected chi connectivity index (χ4v) is 1.49. The highest BCUT2D eigenvalue weighted by Crippen LogP contribution is 2.21. The van der Waals surface area contributed by atoms with Gasteiger partial charge >= 0.3 is 0 Å². The minimum Gasteiger partial charge on any atom is -0.472 e. The first-order valence-corrected chi connectivity index (χ1v) is 5.01. The van der Waals surface area contributed by atoms with Gasteiger partial charge in [0.1, 0.15) is 0 Å². The van der Waals surface area contributed by atoms with Gasteiger partial charge in [-0.25, -0.2) is 0 Å². The maximum absolute atomic E-state index is 5.09. The maximum Gasteiger partial charge on any atom is 0.0950 e. The third kappa shape index (κ3) is 2.88. The zero-order chi connectivity index (χ0) is 9.68. The van der Waals surface area contributed by atoms with E-state index in [0.29, 0.717) is 12.0 Å². The van der Waals surface area contributed by atoms with Gasteiger partial charge in [0.05, 0.1) is 12.5 Å². The molecule has 74 valence electrons. The molecule has 0 saturated heterocycles. The Morgan fingerprint density at radius 3 is 2.69 bits per heavy atom. The first-order chi connectivity index (χ1) is 6.25. The number of furan rings is 1. The predicted octanol–water partition coefficient (Wildman–Crippen LogP) is 2.98. The molecule has 1 heterocycles. The lowest BCUT2D eigenvalue weighted by molar-refractivity contribution is 0.408. The molecule has 0 radical (unpaired) electrons. The Morgan fingerprint density at radius 2 is 2.23 bits per heavy atom. The lowest BCUT2D eigenvalue weighted by atomic mass is 9.98. The molecule has 0 amide bonds. The average Bonchev–Trinajstić information content (AvgIpc) is 2.57. The zero-order valence-electron chi connectivity index (χ0n) is 8.71. The van der Waals surface area contributed by atoms with Gasteiger partial charge in [-0.05, 0) is 24.9 Å². The summed E-state index contributed by atoms with van der Waals surface area (Å²) in [6.45, 7) is 7.69. The first-order valence-electron chi connectivity index (χ1n) is 5.01. The number of rotatable bonds is 5. The highest BCUT2D eigenvalue weighted by atomic mass is 16.3. The molecule has 0 aliphatic heterocycles. The van der Waals surface area contributed by atoms with Gasteiger partial charge in [0, 0.05) is 11.6 Å². The number of hydrogen-bond donors (Lipinski definition) is 1. The largest absolute Gasteiger partial charge is 0.472 e. The van der Waals surface area contributed by atoms with Crippen LogP contribution < -0.4 is 5.32 Å². The van der Waals surface area contributed by atoms with Crippen molar-refractivity contribution in [3.05, 3.63) is 24.2 Å². The van der Waals surface area contributed by atoms with E-state index in [0.717, 1.165) is 6.54 Å². The average molecular weight is 181 g/mol. The molecule has 1 atom stereocenters. The SMILES string of the molecule is CCCNC(c1ccoc1)C(C)C. The van der Waals surface area contributed by atoms with Crippen molar-refractivity contribution in [2.24, 2.45) is 5.92 Å². The van der Waals surface area contributed by atoms with E-state index in [4.69, 9.17) is 4.42 Å². The van der Waals surface area contributed by atoms with E-state index in [1.807, 2.05) is 12.3 Å². The predicted molar refractivity (Wildman–Crippen MR) is 54.6 cm³/mol. The Hall–Kier alpha value is -0.760. The first kappa shape index (κ1) is 10.3. The highest BCUT2D eigenvalue weighted by molar-refractivity contribution is 5.12. The van der Waals surface area contributed by atoms with Crippen LogP contribution in [0.25, 0.3) is 0 Å². The van der Waals surface area contributed by atoms with Crippen LogP contribution in [-0.2, 0) is 0 Å². The molecule has 1 rings (SSSR count). The van der Waals surface area contributed by atoms with Crippen molar-refractivity contribution in [3.8, 4) is 0 Å². The standard InChI is InChI=1S/C11H19NO/c1-4-6-12-11(9(2)3)10-5-7-13-8-10/h5,7-9,11-12H,4,6H2,1-3H3. The quantitative estimate of drug-likeness (QED) is 0.755. The van der Waals surface area contributed by atoms with Crippen molar-refractivity contribution in [2.75, 3.05) is 6.54 Å². The third-order valence-electron chi connectivity index (χ3n) is 2.18. The molecule has 0 aromatic carbocycles. The molecule has 0 aliphatic carbocycles.